The summed E-state index contributed by atoms with van der Waals surface area (Å²) in [6.07, 6.45) is 1.64. The summed E-state index contributed by atoms with van der Waals surface area (Å²) in [6, 6.07) is 0. The number of aliphatic imine (C=N–C) groups is 2. The van der Waals surface area contributed by atoms with Crippen LogP contribution in [-0.4, -0.2) is 60.0 Å². The number of carbonyl (C=O) groups excluding carboxylic acids is 1. The second-order valence-corrected chi connectivity index (χ2v) is 8.61. The first-order valence-electron chi connectivity index (χ1n) is 9.99. The lowest BCUT2D eigenvalue weighted by atomic mass is 9.92. The second kappa shape index (κ2) is 7.79. The fourth-order valence-electron chi connectivity index (χ4n) is 4.46. The van der Waals surface area contributed by atoms with Gasteiger partial charge >= 0.3 is 6.18 Å². The van der Waals surface area contributed by atoms with E-state index in [1.807, 2.05) is 16.4 Å². The summed E-state index contributed by atoms with van der Waals surface area (Å²) in [4.78, 5) is 23.8. The Labute approximate surface area is 177 Å². The Kier molecular flexibility index (Phi) is 5.46. The van der Waals surface area contributed by atoms with Gasteiger partial charge in [0, 0.05) is 48.4 Å². The topological polar surface area (TPSA) is 81.1 Å². The van der Waals surface area contributed by atoms with E-state index < -0.39 is 24.2 Å². The van der Waals surface area contributed by atoms with E-state index in [2.05, 4.69) is 15.6 Å². The molecule has 0 spiro atoms. The van der Waals surface area contributed by atoms with E-state index in [0.29, 0.717) is 50.4 Å². The van der Waals surface area contributed by atoms with Gasteiger partial charge in [0.2, 0.25) is 5.91 Å². The first kappa shape index (κ1) is 21.0. The van der Waals surface area contributed by atoms with E-state index in [-0.39, 0.29) is 12.1 Å². The minimum absolute atomic E-state index is 0.0241. The van der Waals surface area contributed by atoms with Crippen molar-refractivity contribution in [2.75, 3.05) is 19.6 Å². The number of allylic oxidation sites excluding steroid dienone is 1. The largest absolute Gasteiger partial charge is 0.405 e. The Bertz CT molecular complexity index is 852. The quantitative estimate of drug-likeness (QED) is 0.623. The number of alkyl halides is 3. The predicted molar refractivity (Wildman–Crippen MR) is 108 cm³/mol. The van der Waals surface area contributed by atoms with Gasteiger partial charge in [-0.3, -0.25) is 9.79 Å². The van der Waals surface area contributed by atoms with Crippen LogP contribution >= 0.6 is 11.6 Å². The molecule has 30 heavy (non-hydrogen) atoms. The zero-order chi connectivity index (χ0) is 21.5. The first-order chi connectivity index (χ1) is 14.2. The Morgan fingerprint density at radius 2 is 2.17 bits per heavy atom. The molecule has 0 bridgehead atoms. The molecule has 4 rings (SSSR count). The van der Waals surface area contributed by atoms with Crippen LogP contribution in [0.15, 0.2) is 33.0 Å². The molecule has 164 valence electrons. The van der Waals surface area contributed by atoms with Crippen molar-refractivity contribution in [1.82, 2.24) is 20.9 Å². The minimum atomic E-state index is -4.44. The fraction of sp³-hybridized carbons (Fsp3) is 0.632. The third kappa shape index (κ3) is 4.01. The lowest BCUT2D eigenvalue weighted by Crippen LogP contribution is -2.57. The molecule has 3 atom stereocenters. The van der Waals surface area contributed by atoms with Crippen LogP contribution in [0.1, 0.15) is 32.6 Å². The van der Waals surface area contributed by atoms with E-state index in [0.717, 1.165) is 10.6 Å². The van der Waals surface area contributed by atoms with Crippen molar-refractivity contribution in [1.29, 1.82) is 0 Å². The van der Waals surface area contributed by atoms with Gasteiger partial charge in [0.25, 0.3) is 0 Å². The molecule has 0 aromatic rings. The number of nitrogens with zero attached hydrogens (tertiary/aromatic N) is 3. The lowest BCUT2D eigenvalue weighted by molar-refractivity contribution is -0.143. The Morgan fingerprint density at radius 1 is 1.40 bits per heavy atom. The molecule has 0 aromatic carbocycles. The molecular formula is C19H24ClF3N6O. The molecule has 1 fully saturated rings. The number of halogens is 4. The number of fused-ring (bicyclic) bond motifs is 1. The molecule has 0 aromatic heterocycles. The van der Waals surface area contributed by atoms with E-state index in [1.165, 1.54) is 0 Å². The summed E-state index contributed by atoms with van der Waals surface area (Å²) in [5, 5.41) is 9.23. The van der Waals surface area contributed by atoms with E-state index in [9.17, 15) is 18.0 Å². The highest BCUT2D eigenvalue weighted by Crippen LogP contribution is 2.35. The van der Waals surface area contributed by atoms with Crippen molar-refractivity contribution < 1.29 is 18.0 Å². The van der Waals surface area contributed by atoms with Crippen LogP contribution < -0.4 is 16.0 Å². The molecule has 0 radical (unpaired) electrons. The standard InChI is InChI=1S/C19H24ClF3N6O/c1-18(17(30)27-10-19(21,22)23)4-2-6-29(18)14-3-5-24-16(28-14)13-9-26-15-12(13)7-11(20)8-25-15/h8-9,12,15,25-26H,2-7,10H2,1H3,(H,27,30)/t12?,15?,18-/m0/s1. The summed E-state index contributed by atoms with van der Waals surface area (Å²) in [6.45, 7) is 1.43. The Balaban J connectivity index is 1.52. The smallest absolute Gasteiger partial charge is 0.370 e. The number of amidine groups is 2. The molecule has 3 N–H and O–H groups in total. The van der Waals surface area contributed by atoms with Gasteiger partial charge in [0.15, 0.2) is 5.84 Å². The van der Waals surface area contributed by atoms with E-state index >= 15 is 0 Å². The number of hydrogen-bond acceptors (Lipinski definition) is 6. The van der Waals surface area contributed by atoms with Crippen LogP contribution in [0.25, 0.3) is 0 Å². The number of hydrogen-bond donors (Lipinski definition) is 3. The van der Waals surface area contributed by atoms with Crippen LogP contribution in [0.4, 0.5) is 13.2 Å². The van der Waals surface area contributed by atoms with Gasteiger partial charge in [0.1, 0.15) is 24.1 Å². The van der Waals surface area contributed by atoms with Crippen LogP contribution in [0.3, 0.4) is 0 Å². The molecular weight excluding hydrogens is 421 g/mol. The van der Waals surface area contributed by atoms with Gasteiger partial charge in [-0.05, 0) is 26.2 Å². The van der Waals surface area contributed by atoms with Gasteiger partial charge < -0.3 is 20.9 Å². The zero-order valence-corrected chi connectivity index (χ0v) is 17.3. The fourth-order valence-corrected chi connectivity index (χ4v) is 4.69. The van der Waals surface area contributed by atoms with Gasteiger partial charge in [0.05, 0.1) is 0 Å². The first-order valence-corrected chi connectivity index (χ1v) is 10.4. The number of rotatable bonds is 3. The average Bonchev–Trinajstić information content (AvgIpc) is 3.29. The lowest BCUT2D eigenvalue weighted by Gasteiger charge is -2.37. The predicted octanol–water partition coefficient (Wildman–Crippen LogP) is 2.22. The van der Waals surface area contributed by atoms with Crippen LogP contribution in [0.5, 0.6) is 0 Å². The molecule has 0 saturated carbocycles. The highest BCUT2D eigenvalue weighted by atomic mass is 35.5. The molecule has 4 aliphatic rings. The third-order valence-electron chi connectivity index (χ3n) is 6.04. The maximum atomic E-state index is 12.6. The average molecular weight is 445 g/mol. The van der Waals surface area contributed by atoms with Crippen molar-refractivity contribution in [3.05, 3.63) is 23.0 Å². The highest BCUT2D eigenvalue weighted by Gasteiger charge is 2.46. The van der Waals surface area contributed by atoms with Gasteiger partial charge in [-0.25, -0.2) is 4.99 Å². The van der Waals surface area contributed by atoms with Crippen LogP contribution in [-0.2, 0) is 4.79 Å². The zero-order valence-electron chi connectivity index (χ0n) is 16.5. The van der Waals surface area contributed by atoms with Crippen molar-refractivity contribution in [3.8, 4) is 0 Å². The number of amides is 1. The summed E-state index contributed by atoms with van der Waals surface area (Å²) in [5.74, 6) is 0.745. The number of likely N-dealkylation sites (tertiary alicyclic amines) is 1. The maximum absolute atomic E-state index is 12.6. The normalized spacial score (nSPS) is 31.0. The molecule has 4 heterocycles. The number of nitrogens with one attached hydrogen (secondary N) is 3. The van der Waals surface area contributed by atoms with Crippen molar-refractivity contribution >= 4 is 29.2 Å². The third-order valence-corrected chi connectivity index (χ3v) is 6.30. The summed E-state index contributed by atoms with van der Waals surface area (Å²) >= 11 is 6.19. The molecule has 4 aliphatic heterocycles. The van der Waals surface area contributed by atoms with Gasteiger partial charge in [-0.2, -0.15) is 13.2 Å². The Hall–Kier alpha value is -2.23. The van der Waals surface area contributed by atoms with E-state index in [4.69, 9.17) is 16.6 Å². The molecule has 1 saturated heterocycles. The minimum Gasteiger partial charge on any atom is -0.370 e. The van der Waals surface area contributed by atoms with Crippen LogP contribution in [0.2, 0.25) is 0 Å². The molecule has 0 aliphatic carbocycles. The summed E-state index contributed by atoms with van der Waals surface area (Å²) in [7, 11) is 0. The molecule has 11 heteroatoms. The van der Waals surface area contributed by atoms with Crippen molar-refractivity contribution in [2.24, 2.45) is 15.9 Å². The van der Waals surface area contributed by atoms with Gasteiger partial charge in [-0.1, -0.05) is 11.6 Å². The van der Waals surface area contributed by atoms with Crippen molar-refractivity contribution in [2.45, 2.75) is 50.5 Å². The SMILES string of the molecule is C[C@@]1(C(=O)NCC(F)(F)F)CCCN1C1=NC(C2=CNC3NC=C(Cl)CC23)=NCC1. The molecule has 1 amide bonds. The summed E-state index contributed by atoms with van der Waals surface area (Å²) < 4.78 is 37.7. The van der Waals surface area contributed by atoms with E-state index in [1.54, 1.807) is 13.1 Å². The Morgan fingerprint density at radius 3 is 2.93 bits per heavy atom. The maximum Gasteiger partial charge on any atom is 0.405 e. The second-order valence-electron chi connectivity index (χ2n) is 8.12. The number of carbonyl (C=O) groups is 1. The molecule has 7 nitrogen and oxygen atoms in total. The monoisotopic (exact) mass is 444 g/mol. The van der Waals surface area contributed by atoms with Crippen molar-refractivity contribution in [3.63, 3.8) is 0 Å². The van der Waals surface area contributed by atoms with Crippen LogP contribution in [0, 0.1) is 5.92 Å². The summed E-state index contributed by atoms with van der Waals surface area (Å²) in [5.41, 5.74) is -0.117. The highest BCUT2D eigenvalue weighted by molar-refractivity contribution is 6.29. The van der Waals surface area contributed by atoms with Gasteiger partial charge in [-0.15, -0.1) is 0 Å². The molecule has 2 unspecified atom stereocenters.